The fourth-order valence-electron chi connectivity index (χ4n) is 3.54. The van der Waals surface area contributed by atoms with Crippen LogP contribution in [0, 0.1) is 5.92 Å². The van der Waals surface area contributed by atoms with Crippen LogP contribution in [0.3, 0.4) is 0 Å². The second-order valence-electron chi connectivity index (χ2n) is 7.67. The topological polar surface area (TPSA) is 96.0 Å². The number of benzene rings is 1. The monoisotopic (exact) mass is 451 g/mol. The Labute approximate surface area is 187 Å². The largest absolute Gasteiger partial charge is 0.466 e. The van der Waals surface area contributed by atoms with Gasteiger partial charge >= 0.3 is 5.97 Å². The lowest BCUT2D eigenvalue weighted by Crippen LogP contribution is -2.46. The number of likely N-dealkylation sites (tertiary alicyclic amines) is 1. The maximum absolute atomic E-state index is 12.7. The molecule has 9 heteroatoms. The highest BCUT2D eigenvalue weighted by Gasteiger charge is 2.29. The summed E-state index contributed by atoms with van der Waals surface area (Å²) in [5, 5.41) is 3.34. The number of amides is 3. The van der Waals surface area contributed by atoms with E-state index in [1.165, 1.54) is 11.8 Å². The van der Waals surface area contributed by atoms with Crippen LogP contribution in [0.5, 0.6) is 0 Å². The highest BCUT2D eigenvalue weighted by atomic mass is 35.5. The zero-order chi connectivity index (χ0) is 23.0. The number of halogens is 1. The number of ether oxygens (including phenoxy) is 1. The molecule has 0 bridgehead atoms. The highest BCUT2D eigenvalue weighted by Crippen LogP contribution is 2.21. The Bertz CT molecular complexity index is 791. The summed E-state index contributed by atoms with van der Waals surface area (Å²) in [6.07, 6.45) is 1.14. The quantitative estimate of drug-likeness (QED) is 0.611. The molecule has 1 unspecified atom stereocenters. The summed E-state index contributed by atoms with van der Waals surface area (Å²) >= 11 is 5.92. The van der Waals surface area contributed by atoms with Gasteiger partial charge in [-0.3, -0.25) is 19.2 Å². The molecule has 170 valence electrons. The average Bonchev–Trinajstić information content (AvgIpc) is 2.73. The molecule has 1 aliphatic rings. The molecule has 0 aromatic heterocycles. The minimum atomic E-state index is -0.514. The van der Waals surface area contributed by atoms with Crippen molar-refractivity contribution in [3.05, 3.63) is 34.9 Å². The van der Waals surface area contributed by atoms with Crippen LogP contribution in [0.25, 0.3) is 0 Å². The van der Waals surface area contributed by atoms with Gasteiger partial charge in [-0.1, -0.05) is 23.7 Å². The van der Waals surface area contributed by atoms with E-state index in [1.54, 1.807) is 43.1 Å². The maximum atomic E-state index is 12.7. The van der Waals surface area contributed by atoms with Gasteiger partial charge in [0.25, 0.3) is 0 Å². The molecule has 1 aliphatic heterocycles. The van der Waals surface area contributed by atoms with Crippen molar-refractivity contribution in [2.75, 3.05) is 33.3 Å². The zero-order valence-electron chi connectivity index (χ0n) is 18.2. The summed E-state index contributed by atoms with van der Waals surface area (Å²) in [5.74, 6) is -1.07. The van der Waals surface area contributed by atoms with Gasteiger partial charge in [0.2, 0.25) is 17.7 Å². The average molecular weight is 452 g/mol. The first-order valence-corrected chi connectivity index (χ1v) is 10.8. The number of nitrogens with one attached hydrogen (secondary N) is 1. The summed E-state index contributed by atoms with van der Waals surface area (Å²) < 4.78 is 5.05. The lowest BCUT2D eigenvalue weighted by molar-refractivity contribution is -0.151. The van der Waals surface area contributed by atoms with Crippen molar-refractivity contribution in [1.82, 2.24) is 15.1 Å². The number of likely N-dealkylation sites (N-methyl/N-ethyl adjacent to an activating group) is 1. The SMILES string of the molecule is CCOC(=O)C1CCN(C(=O)CN(C)C(=O)CC(NC(C)=O)c2ccc(Cl)cc2)CC1. The number of rotatable bonds is 8. The Morgan fingerprint density at radius 1 is 1.19 bits per heavy atom. The van der Waals surface area contributed by atoms with Gasteiger partial charge in [-0.15, -0.1) is 0 Å². The molecule has 1 heterocycles. The molecular weight excluding hydrogens is 422 g/mol. The van der Waals surface area contributed by atoms with E-state index >= 15 is 0 Å². The Morgan fingerprint density at radius 3 is 2.35 bits per heavy atom. The van der Waals surface area contributed by atoms with Gasteiger partial charge in [-0.2, -0.15) is 0 Å². The summed E-state index contributed by atoms with van der Waals surface area (Å²) in [5.41, 5.74) is 0.758. The van der Waals surface area contributed by atoms with Crippen LogP contribution >= 0.6 is 11.6 Å². The Kier molecular flexibility index (Phi) is 9.30. The van der Waals surface area contributed by atoms with Gasteiger partial charge in [0, 0.05) is 32.1 Å². The molecule has 31 heavy (non-hydrogen) atoms. The summed E-state index contributed by atoms with van der Waals surface area (Å²) in [4.78, 5) is 51.8. The molecule has 1 atom stereocenters. The minimum Gasteiger partial charge on any atom is -0.466 e. The molecule has 0 spiro atoms. The standard InChI is InChI=1S/C22H30ClN3O5/c1-4-31-22(30)17-9-11-26(12-10-17)21(29)14-25(3)20(28)13-19(24-15(2)27)16-5-7-18(23)8-6-16/h5-8,17,19H,4,9-14H2,1-3H3,(H,24,27). The zero-order valence-corrected chi connectivity index (χ0v) is 19.0. The molecule has 8 nitrogen and oxygen atoms in total. The predicted molar refractivity (Wildman–Crippen MR) is 116 cm³/mol. The number of carbonyl (C=O) groups excluding carboxylic acids is 4. The number of hydrogen-bond acceptors (Lipinski definition) is 5. The van der Waals surface area contributed by atoms with Gasteiger partial charge in [0.05, 0.1) is 31.5 Å². The second-order valence-corrected chi connectivity index (χ2v) is 8.10. The van der Waals surface area contributed by atoms with Gasteiger partial charge in [0.1, 0.15) is 0 Å². The third-order valence-corrected chi connectivity index (χ3v) is 5.55. The first-order valence-electron chi connectivity index (χ1n) is 10.4. The molecular formula is C22H30ClN3O5. The fraction of sp³-hybridized carbons (Fsp3) is 0.545. The Balaban J connectivity index is 1.90. The van der Waals surface area contributed by atoms with E-state index < -0.39 is 6.04 Å². The molecule has 0 saturated carbocycles. The Morgan fingerprint density at radius 2 is 1.81 bits per heavy atom. The van der Waals surface area contributed by atoms with Crippen molar-refractivity contribution in [2.45, 2.75) is 39.2 Å². The van der Waals surface area contributed by atoms with Crippen molar-refractivity contribution in [3.8, 4) is 0 Å². The van der Waals surface area contributed by atoms with Gasteiger partial charge < -0.3 is 19.9 Å². The third kappa shape index (κ3) is 7.54. The van der Waals surface area contributed by atoms with Crippen LogP contribution in [-0.2, 0) is 23.9 Å². The first-order chi connectivity index (χ1) is 14.7. The third-order valence-electron chi connectivity index (χ3n) is 5.29. The minimum absolute atomic E-state index is 0.0237. The molecule has 0 aliphatic carbocycles. The van der Waals surface area contributed by atoms with E-state index in [1.807, 2.05) is 0 Å². The molecule has 1 N–H and O–H groups in total. The predicted octanol–water partition coefficient (Wildman–Crippen LogP) is 2.17. The maximum Gasteiger partial charge on any atom is 0.309 e. The summed E-state index contributed by atoms with van der Waals surface area (Å²) in [6.45, 7) is 4.37. The van der Waals surface area contributed by atoms with Gasteiger partial charge in [-0.05, 0) is 37.5 Å². The number of piperidine rings is 1. The molecule has 3 amide bonds. The number of esters is 1. The van der Waals surface area contributed by atoms with Crippen LogP contribution in [-0.4, -0.2) is 66.8 Å². The summed E-state index contributed by atoms with van der Waals surface area (Å²) in [6, 6.07) is 6.40. The molecule has 1 aromatic rings. The van der Waals surface area contributed by atoms with Crippen LogP contribution in [0.15, 0.2) is 24.3 Å². The lowest BCUT2D eigenvalue weighted by Gasteiger charge is -2.32. The van der Waals surface area contributed by atoms with Crippen molar-refractivity contribution < 1.29 is 23.9 Å². The van der Waals surface area contributed by atoms with Crippen molar-refractivity contribution in [1.29, 1.82) is 0 Å². The van der Waals surface area contributed by atoms with E-state index in [-0.39, 0.29) is 42.6 Å². The molecule has 1 fully saturated rings. The van der Waals surface area contributed by atoms with Gasteiger partial charge in [-0.25, -0.2) is 0 Å². The van der Waals surface area contributed by atoms with E-state index in [0.717, 1.165) is 5.56 Å². The van der Waals surface area contributed by atoms with Gasteiger partial charge in [0.15, 0.2) is 0 Å². The van der Waals surface area contributed by atoms with Crippen molar-refractivity contribution in [2.24, 2.45) is 5.92 Å². The smallest absolute Gasteiger partial charge is 0.309 e. The van der Waals surface area contributed by atoms with Crippen LogP contribution < -0.4 is 5.32 Å². The van der Waals surface area contributed by atoms with Crippen molar-refractivity contribution in [3.63, 3.8) is 0 Å². The molecule has 0 radical (unpaired) electrons. The summed E-state index contributed by atoms with van der Waals surface area (Å²) in [7, 11) is 1.57. The highest BCUT2D eigenvalue weighted by molar-refractivity contribution is 6.30. The lowest BCUT2D eigenvalue weighted by atomic mass is 9.97. The van der Waals surface area contributed by atoms with E-state index in [4.69, 9.17) is 16.3 Å². The second kappa shape index (κ2) is 11.7. The van der Waals surface area contributed by atoms with Crippen molar-refractivity contribution >= 4 is 35.3 Å². The van der Waals surface area contributed by atoms with E-state index in [0.29, 0.717) is 37.6 Å². The number of nitrogens with zero attached hydrogens (tertiary/aromatic N) is 2. The first kappa shape index (κ1) is 24.7. The van der Waals surface area contributed by atoms with Crippen LogP contribution in [0.4, 0.5) is 0 Å². The normalized spacial score (nSPS) is 15.2. The fourth-order valence-corrected chi connectivity index (χ4v) is 3.66. The number of carbonyl (C=O) groups is 4. The van der Waals surface area contributed by atoms with Crippen LogP contribution in [0.2, 0.25) is 5.02 Å². The Hall–Kier alpha value is -2.61. The van der Waals surface area contributed by atoms with Crippen LogP contribution in [0.1, 0.15) is 44.7 Å². The van der Waals surface area contributed by atoms with E-state index in [9.17, 15) is 19.2 Å². The number of hydrogen-bond donors (Lipinski definition) is 1. The molecule has 1 saturated heterocycles. The molecule has 2 rings (SSSR count). The molecule has 1 aromatic carbocycles. The van der Waals surface area contributed by atoms with E-state index in [2.05, 4.69) is 5.32 Å².